The number of methoxy groups -OCH3 is 1. The second-order valence-corrected chi connectivity index (χ2v) is 7.90. The average Bonchev–Trinajstić information content (AvgIpc) is 2.81. The maximum Gasteiger partial charge on any atom is 0.311 e. The fraction of sp³-hybridized carbons (Fsp3) is 0.227. The minimum Gasteiger partial charge on any atom is -0.469 e. The quantitative estimate of drug-likeness (QED) is 0.645. The number of benzene rings is 2. The molecular formula is C22H22BrN3O4. The van der Waals surface area contributed by atoms with Crippen LogP contribution in [-0.2, 0) is 19.1 Å². The normalized spacial score (nSPS) is 13.0. The summed E-state index contributed by atoms with van der Waals surface area (Å²) in [4.78, 5) is 38.7. The van der Waals surface area contributed by atoms with Gasteiger partial charge < -0.3 is 15.4 Å². The van der Waals surface area contributed by atoms with Crippen molar-refractivity contribution in [3.63, 3.8) is 0 Å². The lowest BCUT2D eigenvalue weighted by Gasteiger charge is -2.23. The SMILES string of the molecule is COC(=O)CC1=CC(=O)N(CC(=O)Nc2ccc(Br)cc2)c2cc(C)c(C)cc2N1. The summed E-state index contributed by atoms with van der Waals surface area (Å²) in [7, 11) is 1.29. The number of hydrogen-bond donors (Lipinski definition) is 2. The molecule has 0 spiro atoms. The number of carbonyl (C=O) groups excluding carboxylic acids is 3. The summed E-state index contributed by atoms with van der Waals surface area (Å²) in [5, 5.41) is 5.94. The zero-order chi connectivity index (χ0) is 21.8. The van der Waals surface area contributed by atoms with E-state index in [0.717, 1.165) is 15.6 Å². The van der Waals surface area contributed by atoms with Crippen molar-refractivity contribution >= 4 is 50.8 Å². The number of rotatable bonds is 5. The van der Waals surface area contributed by atoms with Crippen LogP contribution in [0.5, 0.6) is 0 Å². The van der Waals surface area contributed by atoms with Gasteiger partial charge in [0.05, 0.1) is 24.9 Å². The van der Waals surface area contributed by atoms with Crippen molar-refractivity contribution in [3.8, 4) is 0 Å². The lowest BCUT2D eigenvalue weighted by Crippen LogP contribution is -2.37. The van der Waals surface area contributed by atoms with E-state index in [-0.39, 0.29) is 18.9 Å². The highest BCUT2D eigenvalue weighted by molar-refractivity contribution is 9.10. The minimum absolute atomic E-state index is 0.0759. The molecule has 0 fully saturated rings. The minimum atomic E-state index is -0.464. The molecule has 0 bridgehead atoms. The highest BCUT2D eigenvalue weighted by Gasteiger charge is 2.26. The van der Waals surface area contributed by atoms with Crippen LogP contribution < -0.4 is 15.5 Å². The molecule has 2 N–H and O–H groups in total. The molecule has 3 rings (SSSR count). The molecule has 2 amide bonds. The largest absolute Gasteiger partial charge is 0.469 e. The molecule has 8 heteroatoms. The van der Waals surface area contributed by atoms with Crippen LogP contribution in [0.4, 0.5) is 17.1 Å². The molecule has 156 valence electrons. The first kappa shape index (κ1) is 21.6. The molecule has 1 aliphatic rings. The third-order valence-corrected chi connectivity index (χ3v) is 5.28. The van der Waals surface area contributed by atoms with Crippen molar-refractivity contribution in [2.24, 2.45) is 0 Å². The van der Waals surface area contributed by atoms with Gasteiger partial charge in [0.25, 0.3) is 5.91 Å². The number of anilines is 3. The first-order valence-electron chi connectivity index (χ1n) is 9.29. The monoisotopic (exact) mass is 471 g/mol. The molecule has 0 saturated carbocycles. The number of ether oxygens (including phenoxy) is 1. The van der Waals surface area contributed by atoms with E-state index >= 15 is 0 Å². The molecule has 0 unspecified atom stereocenters. The molecular weight excluding hydrogens is 450 g/mol. The molecule has 2 aromatic rings. The Hall–Kier alpha value is -3.13. The second-order valence-electron chi connectivity index (χ2n) is 6.98. The Labute approximate surface area is 183 Å². The van der Waals surface area contributed by atoms with Gasteiger partial charge in [0.15, 0.2) is 0 Å². The van der Waals surface area contributed by atoms with Gasteiger partial charge in [0.2, 0.25) is 5.91 Å². The molecule has 30 heavy (non-hydrogen) atoms. The number of esters is 1. The number of fused-ring (bicyclic) bond motifs is 1. The predicted molar refractivity (Wildman–Crippen MR) is 119 cm³/mol. The number of hydrogen-bond acceptors (Lipinski definition) is 5. The Bertz CT molecular complexity index is 1030. The summed E-state index contributed by atoms with van der Waals surface area (Å²) in [6.45, 7) is 3.72. The van der Waals surface area contributed by atoms with E-state index in [9.17, 15) is 14.4 Å². The maximum absolute atomic E-state index is 13.0. The van der Waals surface area contributed by atoms with Crippen LogP contribution in [0.15, 0.2) is 52.6 Å². The van der Waals surface area contributed by atoms with Crippen molar-refractivity contribution in [2.75, 3.05) is 29.2 Å². The smallest absolute Gasteiger partial charge is 0.311 e. The van der Waals surface area contributed by atoms with Crippen LogP contribution in [0, 0.1) is 13.8 Å². The van der Waals surface area contributed by atoms with Crippen LogP contribution >= 0.6 is 15.9 Å². The molecule has 0 atom stereocenters. The van der Waals surface area contributed by atoms with Gasteiger partial charge in [-0.25, -0.2) is 0 Å². The number of aryl methyl sites for hydroxylation is 2. The van der Waals surface area contributed by atoms with Crippen molar-refractivity contribution in [1.82, 2.24) is 0 Å². The van der Waals surface area contributed by atoms with Gasteiger partial charge in [-0.1, -0.05) is 15.9 Å². The Morgan fingerprint density at radius 1 is 1.13 bits per heavy atom. The fourth-order valence-electron chi connectivity index (χ4n) is 3.04. The average molecular weight is 472 g/mol. The summed E-state index contributed by atoms with van der Waals surface area (Å²) in [6.07, 6.45) is 1.25. The molecule has 0 aromatic heterocycles. The van der Waals surface area contributed by atoms with Crippen LogP contribution in [0.25, 0.3) is 0 Å². The standard InChI is InChI=1S/C22H22BrN3O4/c1-13-8-18-19(9-14(13)2)26(21(28)10-17(24-18)11-22(29)30-3)12-20(27)25-16-6-4-15(23)5-7-16/h4-10,24H,11-12H2,1-3H3,(H,25,27). The molecule has 1 heterocycles. The Morgan fingerprint density at radius 2 is 1.80 bits per heavy atom. The van der Waals surface area contributed by atoms with Gasteiger partial charge in [0.1, 0.15) is 6.54 Å². The van der Waals surface area contributed by atoms with E-state index in [1.54, 1.807) is 12.1 Å². The van der Waals surface area contributed by atoms with E-state index in [0.29, 0.717) is 22.8 Å². The van der Waals surface area contributed by atoms with Crippen LogP contribution in [-0.4, -0.2) is 31.4 Å². The van der Waals surface area contributed by atoms with Gasteiger partial charge >= 0.3 is 5.97 Å². The summed E-state index contributed by atoms with van der Waals surface area (Å²) in [5.74, 6) is -1.19. The third kappa shape index (κ3) is 5.07. The second kappa shape index (κ2) is 9.13. The van der Waals surface area contributed by atoms with Gasteiger partial charge in [-0.3, -0.25) is 19.3 Å². The van der Waals surface area contributed by atoms with Gasteiger partial charge in [-0.2, -0.15) is 0 Å². The van der Waals surface area contributed by atoms with Gasteiger partial charge in [-0.15, -0.1) is 0 Å². The lowest BCUT2D eigenvalue weighted by molar-refractivity contribution is -0.139. The third-order valence-electron chi connectivity index (χ3n) is 4.75. The van der Waals surface area contributed by atoms with Crippen LogP contribution in [0.3, 0.4) is 0 Å². The number of amides is 2. The van der Waals surface area contributed by atoms with Crippen molar-refractivity contribution in [3.05, 3.63) is 63.8 Å². The summed E-state index contributed by atoms with van der Waals surface area (Å²) in [6, 6.07) is 10.9. The highest BCUT2D eigenvalue weighted by Crippen LogP contribution is 2.33. The summed E-state index contributed by atoms with van der Waals surface area (Å²) in [5.41, 5.74) is 4.27. The maximum atomic E-state index is 13.0. The van der Waals surface area contributed by atoms with Crippen molar-refractivity contribution < 1.29 is 19.1 Å². The van der Waals surface area contributed by atoms with E-state index in [4.69, 9.17) is 4.74 Å². The Balaban J connectivity index is 1.90. The van der Waals surface area contributed by atoms with Crippen LogP contribution in [0.1, 0.15) is 17.5 Å². The number of carbonyl (C=O) groups is 3. The van der Waals surface area contributed by atoms with E-state index in [2.05, 4.69) is 26.6 Å². The molecule has 0 aliphatic carbocycles. The summed E-state index contributed by atoms with van der Waals surface area (Å²) < 4.78 is 5.61. The lowest BCUT2D eigenvalue weighted by atomic mass is 10.1. The summed E-state index contributed by atoms with van der Waals surface area (Å²) >= 11 is 3.35. The fourth-order valence-corrected chi connectivity index (χ4v) is 3.31. The number of nitrogens with zero attached hydrogens (tertiary/aromatic N) is 1. The molecule has 1 aliphatic heterocycles. The molecule has 0 radical (unpaired) electrons. The zero-order valence-electron chi connectivity index (χ0n) is 16.9. The predicted octanol–water partition coefficient (Wildman–Crippen LogP) is 3.91. The van der Waals surface area contributed by atoms with E-state index in [1.807, 2.05) is 38.1 Å². The molecule has 2 aromatic carbocycles. The van der Waals surface area contributed by atoms with E-state index < -0.39 is 11.9 Å². The van der Waals surface area contributed by atoms with Crippen LogP contribution in [0.2, 0.25) is 0 Å². The topological polar surface area (TPSA) is 87.7 Å². The first-order chi connectivity index (χ1) is 14.3. The zero-order valence-corrected chi connectivity index (χ0v) is 18.5. The highest BCUT2D eigenvalue weighted by atomic mass is 79.9. The van der Waals surface area contributed by atoms with E-state index in [1.165, 1.54) is 18.1 Å². The van der Waals surface area contributed by atoms with Crippen molar-refractivity contribution in [1.29, 1.82) is 0 Å². The Kier molecular flexibility index (Phi) is 6.56. The number of halogens is 1. The molecule has 7 nitrogen and oxygen atoms in total. The van der Waals surface area contributed by atoms with Gasteiger partial charge in [0, 0.05) is 21.9 Å². The number of nitrogens with one attached hydrogen (secondary N) is 2. The Morgan fingerprint density at radius 3 is 2.47 bits per heavy atom. The first-order valence-corrected chi connectivity index (χ1v) is 10.1. The van der Waals surface area contributed by atoms with Gasteiger partial charge in [-0.05, 0) is 61.4 Å². The van der Waals surface area contributed by atoms with Crippen molar-refractivity contribution in [2.45, 2.75) is 20.3 Å². The molecule has 0 saturated heterocycles.